The predicted octanol–water partition coefficient (Wildman–Crippen LogP) is 2.48. The first-order chi connectivity index (χ1) is 14.2. The molecule has 5 N–H and O–H groups in total. The number of aromatic nitrogens is 3. The SMILES string of the molecule is CCCCNc1nc(NCCOCCOCCN)nc(NC2CCCCC2C)n1. The number of nitrogens with one attached hydrogen (secondary N) is 3. The van der Waals surface area contributed by atoms with Crippen LogP contribution in [0.15, 0.2) is 0 Å². The highest BCUT2D eigenvalue weighted by molar-refractivity contribution is 5.42. The molecule has 1 aromatic heterocycles. The molecule has 1 fully saturated rings. The molecule has 1 aliphatic rings. The topological polar surface area (TPSA) is 119 Å². The third kappa shape index (κ3) is 9.56. The van der Waals surface area contributed by atoms with Crippen molar-refractivity contribution >= 4 is 17.8 Å². The lowest BCUT2D eigenvalue weighted by Gasteiger charge is -2.29. The number of hydrogen-bond acceptors (Lipinski definition) is 9. The van der Waals surface area contributed by atoms with Gasteiger partial charge in [-0.15, -0.1) is 0 Å². The van der Waals surface area contributed by atoms with E-state index in [1.54, 1.807) is 0 Å². The molecule has 166 valence electrons. The van der Waals surface area contributed by atoms with Crippen molar-refractivity contribution in [2.24, 2.45) is 11.7 Å². The minimum absolute atomic E-state index is 0.416. The Bertz CT molecular complexity index is 562. The number of rotatable bonds is 15. The summed E-state index contributed by atoms with van der Waals surface area (Å²) in [6, 6.07) is 0.416. The molecule has 1 aromatic rings. The summed E-state index contributed by atoms with van der Waals surface area (Å²) in [5.74, 6) is 2.44. The molecule has 1 heterocycles. The zero-order chi connectivity index (χ0) is 20.7. The predicted molar refractivity (Wildman–Crippen MR) is 117 cm³/mol. The van der Waals surface area contributed by atoms with Gasteiger partial charge in [0.05, 0.1) is 26.4 Å². The van der Waals surface area contributed by atoms with Gasteiger partial charge in [0.1, 0.15) is 0 Å². The van der Waals surface area contributed by atoms with Crippen LogP contribution in [0.1, 0.15) is 52.4 Å². The molecule has 2 atom stereocenters. The van der Waals surface area contributed by atoms with Crippen molar-refractivity contribution in [2.45, 2.75) is 58.4 Å². The second-order valence-electron chi connectivity index (χ2n) is 7.54. The standard InChI is InChI=1S/C20H39N7O2/c1-3-4-10-22-18-25-19(23-11-13-29-15-14-28-12-9-21)27-20(26-18)24-17-8-6-5-7-16(17)2/h16-17H,3-15,21H2,1-2H3,(H3,22,23,24,25,26,27). The molecular weight excluding hydrogens is 370 g/mol. The summed E-state index contributed by atoms with van der Waals surface area (Å²) in [6.07, 6.45) is 7.18. The average Bonchev–Trinajstić information content (AvgIpc) is 2.72. The quantitative estimate of drug-likeness (QED) is 0.324. The largest absolute Gasteiger partial charge is 0.378 e. The molecule has 0 spiro atoms. The fraction of sp³-hybridized carbons (Fsp3) is 0.850. The minimum atomic E-state index is 0.416. The molecular formula is C20H39N7O2. The summed E-state index contributed by atoms with van der Waals surface area (Å²) >= 11 is 0. The van der Waals surface area contributed by atoms with E-state index in [2.05, 4.69) is 44.7 Å². The van der Waals surface area contributed by atoms with Gasteiger partial charge in [-0.1, -0.05) is 33.1 Å². The Morgan fingerprint density at radius 1 is 0.897 bits per heavy atom. The van der Waals surface area contributed by atoms with E-state index in [-0.39, 0.29) is 0 Å². The lowest BCUT2D eigenvalue weighted by atomic mass is 9.86. The number of unbranched alkanes of at least 4 members (excludes halogenated alkanes) is 1. The van der Waals surface area contributed by atoms with Gasteiger partial charge in [0.25, 0.3) is 0 Å². The summed E-state index contributed by atoms with van der Waals surface area (Å²) in [6.45, 7) is 8.70. The number of nitrogens with zero attached hydrogens (tertiary/aromatic N) is 3. The van der Waals surface area contributed by atoms with Crippen LogP contribution in [0.3, 0.4) is 0 Å². The molecule has 1 saturated carbocycles. The molecule has 0 radical (unpaired) electrons. The van der Waals surface area contributed by atoms with E-state index in [0.717, 1.165) is 25.8 Å². The first kappa shape index (κ1) is 23.6. The normalized spacial score (nSPS) is 19.1. The van der Waals surface area contributed by atoms with E-state index < -0.39 is 0 Å². The van der Waals surface area contributed by atoms with Gasteiger partial charge < -0.3 is 31.2 Å². The van der Waals surface area contributed by atoms with Gasteiger partial charge in [0, 0.05) is 25.7 Å². The Kier molecular flexibility index (Phi) is 11.6. The zero-order valence-electron chi connectivity index (χ0n) is 18.1. The van der Waals surface area contributed by atoms with Crippen molar-refractivity contribution in [1.82, 2.24) is 15.0 Å². The second kappa shape index (κ2) is 14.3. The Balaban J connectivity index is 1.86. The van der Waals surface area contributed by atoms with Crippen LogP contribution in [0.4, 0.5) is 17.8 Å². The maximum atomic E-state index is 5.55. The summed E-state index contributed by atoms with van der Waals surface area (Å²) in [4.78, 5) is 13.6. The second-order valence-corrected chi connectivity index (χ2v) is 7.54. The number of anilines is 3. The first-order valence-corrected chi connectivity index (χ1v) is 11.1. The van der Waals surface area contributed by atoms with Gasteiger partial charge in [-0.05, 0) is 25.2 Å². The van der Waals surface area contributed by atoms with Crippen molar-refractivity contribution in [3.63, 3.8) is 0 Å². The molecule has 0 saturated heterocycles. The van der Waals surface area contributed by atoms with Gasteiger partial charge in [-0.3, -0.25) is 0 Å². The third-order valence-electron chi connectivity index (χ3n) is 5.04. The van der Waals surface area contributed by atoms with E-state index >= 15 is 0 Å². The van der Waals surface area contributed by atoms with Crippen LogP contribution < -0.4 is 21.7 Å². The number of nitrogens with two attached hydrogens (primary N) is 1. The Hall–Kier alpha value is -1.71. The summed E-state index contributed by atoms with van der Waals surface area (Å²) in [5.41, 5.74) is 5.38. The van der Waals surface area contributed by atoms with Crippen molar-refractivity contribution in [3.8, 4) is 0 Å². The van der Waals surface area contributed by atoms with Crippen LogP contribution in [-0.4, -0.2) is 67.1 Å². The fourth-order valence-electron chi connectivity index (χ4n) is 3.31. The highest BCUT2D eigenvalue weighted by Crippen LogP contribution is 2.26. The molecule has 0 aliphatic heterocycles. The van der Waals surface area contributed by atoms with Crippen molar-refractivity contribution in [1.29, 1.82) is 0 Å². The van der Waals surface area contributed by atoms with Crippen LogP contribution in [0.5, 0.6) is 0 Å². The average molecular weight is 410 g/mol. The number of hydrogen-bond donors (Lipinski definition) is 4. The van der Waals surface area contributed by atoms with Crippen LogP contribution in [0.2, 0.25) is 0 Å². The van der Waals surface area contributed by atoms with E-state index in [1.165, 1.54) is 19.3 Å². The molecule has 9 heteroatoms. The van der Waals surface area contributed by atoms with Crippen LogP contribution in [0, 0.1) is 5.92 Å². The van der Waals surface area contributed by atoms with E-state index in [9.17, 15) is 0 Å². The lowest BCUT2D eigenvalue weighted by molar-refractivity contribution is 0.0547. The summed E-state index contributed by atoms with van der Waals surface area (Å²) in [5, 5.41) is 10.1. The molecule has 29 heavy (non-hydrogen) atoms. The third-order valence-corrected chi connectivity index (χ3v) is 5.04. The molecule has 0 amide bonds. The summed E-state index contributed by atoms with van der Waals surface area (Å²) in [7, 11) is 0. The zero-order valence-corrected chi connectivity index (χ0v) is 18.1. The Morgan fingerprint density at radius 3 is 2.24 bits per heavy atom. The first-order valence-electron chi connectivity index (χ1n) is 11.1. The van der Waals surface area contributed by atoms with E-state index in [1.807, 2.05) is 0 Å². The Labute approximate surface area is 175 Å². The summed E-state index contributed by atoms with van der Waals surface area (Å²) < 4.78 is 10.8. The maximum absolute atomic E-state index is 5.55. The minimum Gasteiger partial charge on any atom is -0.378 e. The van der Waals surface area contributed by atoms with Crippen LogP contribution >= 0.6 is 0 Å². The smallest absolute Gasteiger partial charge is 0.229 e. The van der Waals surface area contributed by atoms with Gasteiger partial charge in [0.15, 0.2) is 0 Å². The highest BCUT2D eigenvalue weighted by Gasteiger charge is 2.22. The van der Waals surface area contributed by atoms with Crippen molar-refractivity contribution in [3.05, 3.63) is 0 Å². The monoisotopic (exact) mass is 409 g/mol. The van der Waals surface area contributed by atoms with Crippen LogP contribution in [-0.2, 0) is 9.47 Å². The molecule has 1 aliphatic carbocycles. The maximum Gasteiger partial charge on any atom is 0.229 e. The number of ether oxygens (including phenoxy) is 2. The van der Waals surface area contributed by atoms with Gasteiger partial charge in [-0.2, -0.15) is 15.0 Å². The Morgan fingerprint density at radius 2 is 1.55 bits per heavy atom. The molecule has 2 rings (SSSR count). The highest BCUT2D eigenvalue weighted by atomic mass is 16.5. The van der Waals surface area contributed by atoms with Crippen molar-refractivity contribution < 1.29 is 9.47 Å². The van der Waals surface area contributed by atoms with Gasteiger partial charge >= 0.3 is 0 Å². The molecule has 0 bridgehead atoms. The van der Waals surface area contributed by atoms with E-state index in [0.29, 0.717) is 69.3 Å². The van der Waals surface area contributed by atoms with Gasteiger partial charge in [-0.25, -0.2) is 0 Å². The fourth-order valence-corrected chi connectivity index (χ4v) is 3.31. The van der Waals surface area contributed by atoms with Crippen LogP contribution in [0.25, 0.3) is 0 Å². The van der Waals surface area contributed by atoms with Gasteiger partial charge in [0.2, 0.25) is 17.8 Å². The van der Waals surface area contributed by atoms with Crippen molar-refractivity contribution in [2.75, 3.05) is 62.0 Å². The molecule has 9 nitrogen and oxygen atoms in total. The molecule has 0 aromatic carbocycles. The molecule has 2 unspecified atom stereocenters. The lowest BCUT2D eigenvalue weighted by Crippen LogP contribution is -2.31. The van der Waals surface area contributed by atoms with E-state index in [4.69, 9.17) is 15.2 Å².